The van der Waals surface area contributed by atoms with E-state index in [1.807, 2.05) is 0 Å². The first-order valence-electron chi connectivity index (χ1n) is 11.5. The van der Waals surface area contributed by atoms with Gasteiger partial charge in [0.15, 0.2) is 11.0 Å². The summed E-state index contributed by atoms with van der Waals surface area (Å²) >= 11 is 4.70. The van der Waals surface area contributed by atoms with Crippen molar-refractivity contribution in [1.82, 2.24) is 14.8 Å². The molecule has 1 aliphatic carbocycles. The second kappa shape index (κ2) is 10.9. The molecule has 6 nitrogen and oxygen atoms in total. The van der Waals surface area contributed by atoms with Crippen molar-refractivity contribution in [2.45, 2.75) is 77.4 Å². The van der Waals surface area contributed by atoms with Crippen molar-refractivity contribution in [3.8, 4) is 17.5 Å². The van der Waals surface area contributed by atoms with Gasteiger partial charge in [-0.15, -0.1) is 32.9 Å². The first kappa shape index (κ1) is 24.0. The number of amides is 1. The number of thiophene rings is 2. The molecule has 0 spiro atoms. The van der Waals surface area contributed by atoms with Gasteiger partial charge in [-0.1, -0.05) is 31.5 Å². The Morgan fingerprint density at radius 1 is 1.24 bits per heavy atom. The minimum absolute atomic E-state index is 0.110. The third kappa shape index (κ3) is 5.18. The zero-order valence-electron chi connectivity index (χ0n) is 19.4. The van der Waals surface area contributed by atoms with Gasteiger partial charge in [0.1, 0.15) is 11.1 Å². The largest absolute Gasteiger partial charge is 0.316 e. The molecule has 0 aliphatic heterocycles. The summed E-state index contributed by atoms with van der Waals surface area (Å²) in [6.45, 7) is 7.16. The summed E-state index contributed by atoms with van der Waals surface area (Å²) in [6.07, 6.45) is 7.61. The van der Waals surface area contributed by atoms with Crippen LogP contribution in [0.5, 0.6) is 0 Å². The number of hydrogen-bond donors (Lipinski definition) is 1. The van der Waals surface area contributed by atoms with Crippen LogP contribution in [0.1, 0.15) is 65.5 Å². The molecule has 1 N–H and O–H groups in total. The van der Waals surface area contributed by atoms with Gasteiger partial charge in [-0.05, 0) is 57.1 Å². The van der Waals surface area contributed by atoms with Gasteiger partial charge in [0.2, 0.25) is 5.91 Å². The maximum Gasteiger partial charge on any atom is 0.235 e. The highest BCUT2D eigenvalue weighted by molar-refractivity contribution is 7.99. The van der Waals surface area contributed by atoms with Crippen molar-refractivity contribution in [3.05, 3.63) is 31.8 Å². The van der Waals surface area contributed by atoms with Crippen LogP contribution in [0, 0.1) is 25.2 Å². The molecular weight excluding hydrogens is 470 g/mol. The van der Waals surface area contributed by atoms with Gasteiger partial charge in [0.05, 0.1) is 11.3 Å². The summed E-state index contributed by atoms with van der Waals surface area (Å²) in [6, 6.07) is 2.35. The van der Waals surface area contributed by atoms with Crippen LogP contribution in [0.2, 0.25) is 0 Å². The zero-order valence-corrected chi connectivity index (χ0v) is 21.8. The number of hydrogen-bond acceptors (Lipinski definition) is 7. The Kier molecular flexibility index (Phi) is 7.89. The lowest BCUT2D eigenvalue weighted by atomic mass is 9.97. The normalized spacial score (nSPS) is 13.8. The number of thioether (sulfide) groups is 1. The summed E-state index contributed by atoms with van der Waals surface area (Å²) in [7, 11) is 0. The number of aryl methyl sites for hydroxylation is 2. The fourth-order valence-corrected chi connectivity index (χ4v) is 7.06. The van der Waals surface area contributed by atoms with Crippen LogP contribution in [0.4, 0.5) is 5.00 Å². The van der Waals surface area contributed by atoms with E-state index in [1.54, 1.807) is 22.7 Å². The summed E-state index contributed by atoms with van der Waals surface area (Å²) in [5.41, 5.74) is 4.16. The molecule has 1 amide bonds. The van der Waals surface area contributed by atoms with Crippen LogP contribution in [-0.2, 0) is 24.2 Å². The number of aromatic nitrogens is 3. The highest BCUT2D eigenvalue weighted by Gasteiger charge is 2.22. The van der Waals surface area contributed by atoms with Crippen molar-refractivity contribution in [3.63, 3.8) is 0 Å². The van der Waals surface area contributed by atoms with Gasteiger partial charge in [-0.2, -0.15) is 5.26 Å². The molecule has 9 heteroatoms. The van der Waals surface area contributed by atoms with Crippen LogP contribution in [0.15, 0.2) is 10.5 Å². The molecule has 1 aliphatic rings. The number of carbonyl (C=O) groups excluding carboxylic acids is 1. The van der Waals surface area contributed by atoms with E-state index in [0.29, 0.717) is 10.6 Å². The number of fused-ring (bicyclic) bond motifs is 1. The highest BCUT2D eigenvalue weighted by atomic mass is 32.2. The number of nitriles is 1. The molecule has 3 aromatic heterocycles. The van der Waals surface area contributed by atoms with Gasteiger partial charge in [0.25, 0.3) is 0 Å². The predicted octanol–water partition coefficient (Wildman–Crippen LogP) is 6.36. The predicted molar refractivity (Wildman–Crippen MR) is 137 cm³/mol. The monoisotopic (exact) mass is 499 g/mol. The first-order chi connectivity index (χ1) is 16.0. The first-order valence-corrected chi connectivity index (χ1v) is 14.2. The van der Waals surface area contributed by atoms with E-state index >= 15 is 0 Å². The van der Waals surface area contributed by atoms with Gasteiger partial charge < -0.3 is 9.88 Å². The van der Waals surface area contributed by atoms with Crippen LogP contribution < -0.4 is 5.32 Å². The Balaban J connectivity index is 1.48. The van der Waals surface area contributed by atoms with E-state index in [9.17, 15) is 10.1 Å². The van der Waals surface area contributed by atoms with Gasteiger partial charge in [0, 0.05) is 27.2 Å². The average Bonchev–Trinajstić information content (AvgIpc) is 3.43. The highest BCUT2D eigenvalue weighted by Crippen LogP contribution is 2.37. The molecule has 3 aromatic rings. The molecule has 3 heterocycles. The molecule has 0 atom stereocenters. The second-order valence-corrected chi connectivity index (χ2v) is 11.5. The third-order valence-electron chi connectivity index (χ3n) is 6.06. The molecular formula is C24H29N5OS3. The smallest absolute Gasteiger partial charge is 0.235 e. The zero-order chi connectivity index (χ0) is 23.4. The van der Waals surface area contributed by atoms with Crippen molar-refractivity contribution in [2.24, 2.45) is 0 Å². The Labute approximate surface area is 207 Å². The lowest BCUT2D eigenvalue weighted by Gasteiger charge is -2.09. The Bertz CT molecular complexity index is 1180. The minimum Gasteiger partial charge on any atom is -0.316 e. The third-order valence-corrected chi connectivity index (χ3v) is 9.25. The fraction of sp³-hybridized carbons (Fsp3) is 0.500. The lowest BCUT2D eigenvalue weighted by Crippen LogP contribution is -2.14. The molecule has 0 saturated carbocycles. The number of nitrogens with zero attached hydrogens (tertiary/aromatic N) is 4. The van der Waals surface area contributed by atoms with Crippen molar-refractivity contribution >= 4 is 45.3 Å². The summed E-state index contributed by atoms with van der Waals surface area (Å²) in [5, 5.41) is 25.2. The van der Waals surface area contributed by atoms with Crippen molar-refractivity contribution < 1.29 is 4.79 Å². The van der Waals surface area contributed by atoms with E-state index in [-0.39, 0.29) is 11.7 Å². The standard InChI is InChI=1S/C24H29N5OS3/c1-4-11-29-22(19-13-31-16(3)15(19)2)27-28-24(29)32-14-21(30)26-23-18(12-25)17-9-7-5-6-8-10-20(17)33-23/h13H,4-11,14H2,1-3H3,(H,26,30). The van der Waals surface area contributed by atoms with Crippen LogP contribution in [-0.4, -0.2) is 26.4 Å². The number of carbonyl (C=O) groups is 1. The van der Waals surface area contributed by atoms with Gasteiger partial charge in [-0.25, -0.2) is 0 Å². The SMILES string of the molecule is CCCn1c(SCC(=O)Nc2sc3c(c2C#N)CCCCCC3)nnc1-c1csc(C)c1C. The molecule has 0 saturated heterocycles. The molecule has 0 unspecified atom stereocenters. The van der Waals surface area contributed by atoms with Crippen molar-refractivity contribution in [1.29, 1.82) is 5.26 Å². The van der Waals surface area contributed by atoms with Crippen LogP contribution in [0.3, 0.4) is 0 Å². The summed E-state index contributed by atoms with van der Waals surface area (Å²) in [4.78, 5) is 15.4. The maximum atomic E-state index is 12.8. The quantitative estimate of drug-likeness (QED) is 0.383. The van der Waals surface area contributed by atoms with Gasteiger partial charge in [-0.3, -0.25) is 4.79 Å². The van der Waals surface area contributed by atoms with E-state index < -0.39 is 0 Å². The number of anilines is 1. The molecule has 33 heavy (non-hydrogen) atoms. The Morgan fingerprint density at radius 2 is 2.03 bits per heavy atom. The molecule has 4 rings (SSSR count). The Morgan fingerprint density at radius 3 is 2.73 bits per heavy atom. The lowest BCUT2D eigenvalue weighted by molar-refractivity contribution is -0.113. The summed E-state index contributed by atoms with van der Waals surface area (Å²) < 4.78 is 2.12. The van der Waals surface area contributed by atoms with E-state index in [1.165, 1.54) is 39.9 Å². The average molecular weight is 500 g/mol. The maximum absolute atomic E-state index is 12.8. The van der Waals surface area contributed by atoms with Crippen molar-refractivity contribution in [2.75, 3.05) is 11.1 Å². The molecule has 0 aromatic carbocycles. The summed E-state index contributed by atoms with van der Waals surface area (Å²) in [5.74, 6) is 0.990. The Hall–Kier alpha value is -2.15. The molecule has 0 radical (unpaired) electrons. The minimum atomic E-state index is -0.110. The second-order valence-electron chi connectivity index (χ2n) is 8.36. The van der Waals surface area contributed by atoms with Crippen LogP contribution in [0.25, 0.3) is 11.4 Å². The molecule has 0 fully saturated rings. The molecule has 174 valence electrons. The topological polar surface area (TPSA) is 83.6 Å². The van der Waals surface area contributed by atoms with Crippen LogP contribution >= 0.6 is 34.4 Å². The van der Waals surface area contributed by atoms with E-state index in [4.69, 9.17) is 0 Å². The van der Waals surface area contributed by atoms with Gasteiger partial charge >= 0.3 is 0 Å². The van der Waals surface area contributed by atoms with E-state index in [2.05, 4.69) is 52.3 Å². The number of nitrogens with one attached hydrogen (secondary N) is 1. The van der Waals surface area contributed by atoms with E-state index in [0.717, 1.165) is 60.8 Å². The fourth-order valence-electron chi connectivity index (χ4n) is 4.17. The molecule has 0 bridgehead atoms. The number of rotatable bonds is 7.